The van der Waals surface area contributed by atoms with Crippen molar-refractivity contribution < 1.29 is 8.42 Å². The monoisotopic (exact) mass is 283 g/mol. The van der Waals surface area contributed by atoms with Crippen LogP contribution in [0.1, 0.15) is 26.7 Å². The van der Waals surface area contributed by atoms with Gasteiger partial charge >= 0.3 is 0 Å². The van der Waals surface area contributed by atoms with Crippen LogP contribution in [0.4, 0.5) is 5.69 Å². The fraction of sp³-hybridized carbons (Fsp3) is 0.538. The van der Waals surface area contributed by atoms with E-state index in [0.29, 0.717) is 23.0 Å². The fourth-order valence-corrected chi connectivity index (χ4v) is 4.26. The highest BCUT2D eigenvalue weighted by atomic mass is 32.2. The Morgan fingerprint density at radius 1 is 1.26 bits per heavy atom. The third-order valence-corrected chi connectivity index (χ3v) is 5.73. The summed E-state index contributed by atoms with van der Waals surface area (Å²) in [6.45, 7) is 4.74. The van der Waals surface area contributed by atoms with Crippen molar-refractivity contribution in [2.75, 3.05) is 12.0 Å². The fourth-order valence-electron chi connectivity index (χ4n) is 2.60. The Morgan fingerprint density at radius 3 is 2.42 bits per heavy atom. The van der Waals surface area contributed by atoms with Crippen molar-refractivity contribution in [2.45, 2.75) is 37.6 Å². The molecule has 19 heavy (non-hydrogen) atoms. The molecule has 5 nitrogen and oxygen atoms in total. The number of sulfonamides is 1. The van der Waals surface area contributed by atoms with E-state index in [4.69, 9.17) is 5.84 Å². The van der Waals surface area contributed by atoms with E-state index < -0.39 is 10.0 Å². The SMILES string of the molecule is CC1CCN(S(=O)(=O)c2ccc(NN)cc2)C(C)C1. The Bertz CT molecular complexity index is 527. The molecule has 1 aromatic rings. The molecule has 1 fully saturated rings. The Hall–Kier alpha value is -1.11. The molecule has 2 atom stereocenters. The second kappa shape index (κ2) is 5.48. The lowest BCUT2D eigenvalue weighted by Gasteiger charge is -2.35. The normalized spacial score (nSPS) is 25.2. The molecule has 6 heteroatoms. The number of anilines is 1. The highest BCUT2D eigenvalue weighted by Gasteiger charge is 2.32. The Balaban J connectivity index is 2.26. The van der Waals surface area contributed by atoms with Gasteiger partial charge in [0.15, 0.2) is 0 Å². The smallest absolute Gasteiger partial charge is 0.243 e. The molecule has 106 valence electrons. The Kier molecular flexibility index (Phi) is 4.13. The first-order chi connectivity index (χ1) is 8.95. The molecule has 0 bridgehead atoms. The number of nitrogens with zero attached hydrogens (tertiary/aromatic N) is 1. The molecule has 0 saturated carbocycles. The quantitative estimate of drug-likeness (QED) is 0.655. The zero-order valence-corrected chi connectivity index (χ0v) is 12.2. The van der Waals surface area contributed by atoms with Crippen LogP contribution >= 0.6 is 0 Å². The van der Waals surface area contributed by atoms with Crippen LogP contribution in [0.5, 0.6) is 0 Å². The highest BCUT2D eigenvalue weighted by Crippen LogP contribution is 2.28. The first-order valence-electron chi connectivity index (χ1n) is 6.53. The summed E-state index contributed by atoms with van der Waals surface area (Å²) >= 11 is 0. The average Bonchev–Trinajstić information content (AvgIpc) is 2.38. The Labute approximate surface area is 114 Å². The van der Waals surface area contributed by atoms with Gasteiger partial charge in [0.05, 0.1) is 4.90 Å². The second-order valence-corrected chi connectivity index (χ2v) is 7.15. The van der Waals surface area contributed by atoms with Gasteiger partial charge in [-0.05, 0) is 49.9 Å². The van der Waals surface area contributed by atoms with Gasteiger partial charge in [0.1, 0.15) is 0 Å². The number of rotatable bonds is 3. The highest BCUT2D eigenvalue weighted by molar-refractivity contribution is 7.89. The molecular weight excluding hydrogens is 262 g/mol. The molecule has 2 rings (SSSR count). The maximum absolute atomic E-state index is 12.6. The van der Waals surface area contributed by atoms with E-state index in [0.717, 1.165) is 12.8 Å². The summed E-state index contributed by atoms with van der Waals surface area (Å²) in [7, 11) is -3.39. The predicted molar refractivity (Wildman–Crippen MR) is 76.0 cm³/mol. The molecule has 3 N–H and O–H groups in total. The number of hydrazine groups is 1. The third kappa shape index (κ3) is 2.91. The number of nitrogens with two attached hydrogens (primary N) is 1. The summed E-state index contributed by atoms with van der Waals surface area (Å²) in [5, 5.41) is 0. The van der Waals surface area contributed by atoms with Crippen LogP contribution in [-0.4, -0.2) is 25.3 Å². The van der Waals surface area contributed by atoms with Gasteiger partial charge in [-0.2, -0.15) is 4.31 Å². The van der Waals surface area contributed by atoms with E-state index in [9.17, 15) is 8.42 Å². The van der Waals surface area contributed by atoms with Gasteiger partial charge in [-0.15, -0.1) is 0 Å². The molecule has 0 spiro atoms. The minimum atomic E-state index is -3.39. The van der Waals surface area contributed by atoms with Crippen molar-refractivity contribution in [2.24, 2.45) is 11.8 Å². The molecule has 0 aliphatic carbocycles. The van der Waals surface area contributed by atoms with Crippen molar-refractivity contribution in [1.82, 2.24) is 4.31 Å². The number of nitrogens with one attached hydrogen (secondary N) is 1. The summed E-state index contributed by atoms with van der Waals surface area (Å²) in [5.74, 6) is 5.87. The third-order valence-electron chi connectivity index (χ3n) is 3.70. The minimum absolute atomic E-state index is 0.0565. The lowest BCUT2D eigenvalue weighted by molar-refractivity contribution is 0.220. The first-order valence-corrected chi connectivity index (χ1v) is 7.97. The van der Waals surface area contributed by atoms with Crippen LogP contribution in [0, 0.1) is 5.92 Å². The minimum Gasteiger partial charge on any atom is -0.324 e. The Morgan fingerprint density at radius 2 is 1.89 bits per heavy atom. The van der Waals surface area contributed by atoms with Gasteiger partial charge in [0.2, 0.25) is 10.0 Å². The average molecular weight is 283 g/mol. The zero-order valence-electron chi connectivity index (χ0n) is 11.3. The predicted octanol–water partition coefficient (Wildman–Crippen LogP) is 1.78. The van der Waals surface area contributed by atoms with Crippen LogP contribution < -0.4 is 11.3 Å². The van der Waals surface area contributed by atoms with Crippen LogP contribution in [0.3, 0.4) is 0 Å². The van der Waals surface area contributed by atoms with Gasteiger partial charge in [0.25, 0.3) is 0 Å². The molecule has 1 aromatic carbocycles. The molecular formula is C13H21N3O2S. The van der Waals surface area contributed by atoms with Gasteiger partial charge < -0.3 is 5.43 Å². The second-order valence-electron chi connectivity index (χ2n) is 5.26. The maximum Gasteiger partial charge on any atom is 0.243 e. The summed E-state index contributed by atoms with van der Waals surface area (Å²) in [4.78, 5) is 0.327. The van der Waals surface area contributed by atoms with Crippen molar-refractivity contribution in [1.29, 1.82) is 0 Å². The molecule has 1 aliphatic rings. The standard InChI is InChI=1S/C13H21N3O2S/c1-10-7-8-16(11(2)9-10)19(17,18)13-5-3-12(15-14)4-6-13/h3-6,10-11,15H,7-9,14H2,1-2H3. The molecule has 1 saturated heterocycles. The van der Waals surface area contributed by atoms with Crippen LogP contribution in [0.2, 0.25) is 0 Å². The van der Waals surface area contributed by atoms with E-state index in [1.807, 2.05) is 6.92 Å². The molecule has 1 aliphatic heterocycles. The number of piperidine rings is 1. The lowest BCUT2D eigenvalue weighted by atomic mass is 9.95. The van der Waals surface area contributed by atoms with Crippen molar-refractivity contribution in [3.63, 3.8) is 0 Å². The van der Waals surface area contributed by atoms with Crippen LogP contribution in [0.15, 0.2) is 29.2 Å². The molecule has 1 heterocycles. The lowest BCUT2D eigenvalue weighted by Crippen LogP contribution is -2.44. The van der Waals surface area contributed by atoms with Crippen LogP contribution in [-0.2, 0) is 10.0 Å². The van der Waals surface area contributed by atoms with Crippen molar-refractivity contribution in [3.05, 3.63) is 24.3 Å². The molecule has 2 unspecified atom stereocenters. The van der Waals surface area contributed by atoms with Crippen molar-refractivity contribution >= 4 is 15.7 Å². The zero-order chi connectivity index (χ0) is 14.0. The number of nitrogen functional groups attached to an aromatic ring is 1. The van der Waals surface area contributed by atoms with E-state index >= 15 is 0 Å². The number of hydrogen-bond acceptors (Lipinski definition) is 4. The maximum atomic E-state index is 12.6. The van der Waals surface area contributed by atoms with E-state index in [1.54, 1.807) is 28.6 Å². The van der Waals surface area contributed by atoms with Gasteiger partial charge in [-0.1, -0.05) is 6.92 Å². The summed E-state index contributed by atoms with van der Waals surface area (Å²) in [5.41, 5.74) is 3.19. The largest absolute Gasteiger partial charge is 0.324 e. The summed E-state index contributed by atoms with van der Waals surface area (Å²) in [6.07, 6.45) is 1.84. The van der Waals surface area contributed by atoms with Gasteiger partial charge in [-0.25, -0.2) is 8.42 Å². The topological polar surface area (TPSA) is 75.4 Å². The first kappa shape index (κ1) is 14.3. The summed E-state index contributed by atoms with van der Waals surface area (Å²) < 4.78 is 26.8. The molecule has 0 aromatic heterocycles. The van der Waals surface area contributed by atoms with Crippen LogP contribution in [0.25, 0.3) is 0 Å². The molecule has 0 radical (unpaired) electrons. The summed E-state index contributed by atoms with van der Waals surface area (Å²) in [6, 6.07) is 6.58. The number of benzene rings is 1. The number of hydrogen-bond donors (Lipinski definition) is 2. The van der Waals surface area contributed by atoms with Crippen molar-refractivity contribution in [3.8, 4) is 0 Å². The molecule has 0 amide bonds. The van der Waals surface area contributed by atoms with E-state index in [2.05, 4.69) is 12.3 Å². The van der Waals surface area contributed by atoms with E-state index in [1.165, 1.54) is 0 Å². The van der Waals surface area contributed by atoms with Gasteiger partial charge in [-0.3, -0.25) is 5.84 Å². The van der Waals surface area contributed by atoms with Gasteiger partial charge in [0, 0.05) is 18.3 Å². The van der Waals surface area contributed by atoms with E-state index in [-0.39, 0.29) is 6.04 Å².